The third-order valence-electron chi connectivity index (χ3n) is 11.2. The van der Waals surface area contributed by atoms with Crippen LogP contribution in [-0.2, 0) is 23.9 Å². The Hall–Kier alpha value is -2.59. The molecular weight excluding hydrogens is 787 g/mol. The van der Waals surface area contributed by atoms with E-state index in [1.54, 1.807) is 45.1 Å². The normalized spacial score (nSPS) is 34.3. The van der Waals surface area contributed by atoms with Crippen LogP contribution in [0.5, 0.6) is 0 Å². The molecule has 7 heterocycles. The predicted molar refractivity (Wildman–Crippen MR) is 214 cm³/mol. The Morgan fingerprint density at radius 1 is 0.782 bits per heavy atom. The number of imide groups is 1. The maximum absolute atomic E-state index is 13.7. The number of rotatable bonds is 8. The van der Waals surface area contributed by atoms with Crippen LogP contribution in [0, 0.1) is 11.8 Å². The highest BCUT2D eigenvalue weighted by Gasteiger charge is 2.49. The molecule has 6 saturated heterocycles. The molecule has 0 aliphatic carbocycles. The summed E-state index contributed by atoms with van der Waals surface area (Å²) in [4.78, 5) is 71.0. The van der Waals surface area contributed by atoms with Crippen molar-refractivity contribution < 1.29 is 33.4 Å². The van der Waals surface area contributed by atoms with Gasteiger partial charge in [-0.1, -0.05) is 23.9 Å². The molecule has 1 aromatic rings. The van der Waals surface area contributed by atoms with Crippen LogP contribution in [0.15, 0.2) is 29.2 Å². The molecule has 7 aliphatic heterocycles. The number of nitrogens with zero attached hydrogens (tertiary/aromatic N) is 2. The topological polar surface area (TPSA) is 194 Å². The van der Waals surface area contributed by atoms with Crippen molar-refractivity contribution in [3.63, 3.8) is 0 Å². The number of urea groups is 2. The number of carbonyl (C=O) groups is 5. The van der Waals surface area contributed by atoms with Gasteiger partial charge in [0.15, 0.2) is 5.37 Å². The number of anilines is 1. The summed E-state index contributed by atoms with van der Waals surface area (Å²) in [6, 6.07) is 7.41. The second-order valence-electron chi connectivity index (χ2n) is 14.7. The number of hydrogen-bond acceptors (Lipinski definition) is 14. The number of benzene rings is 1. The number of nitrogens with one attached hydrogen (secondary N) is 7. The van der Waals surface area contributed by atoms with Crippen molar-refractivity contribution in [3.05, 3.63) is 24.3 Å². The summed E-state index contributed by atoms with van der Waals surface area (Å²) < 4.78 is 10.7. The van der Waals surface area contributed by atoms with Crippen molar-refractivity contribution >= 4 is 82.5 Å². The summed E-state index contributed by atoms with van der Waals surface area (Å²) in [5, 5.41) is 21.3. The fourth-order valence-corrected chi connectivity index (χ4v) is 13.7. The highest BCUT2D eigenvalue weighted by atomic mass is 32.2. The molecule has 1 aromatic carbocycles. The number of carbonyl (C=O) groups excluding carboxylic acids is 5. The summed E-state index contributed by atoms with van der Waals surface area (Å²) in [6.45, 7) is 5.15. The molecule has 20 heteroatoms. The maximum atomic E-state index is 13.7. The lowest BCUT2D eigenvalue weighted by atomic mass is 9.92. The lowest BCUT2D eigenvalue weighted by Crippen LogP contribution is -2.55. The molecule has 55 heavy (non-hydrogen) atoms. The van der Waals surface area contributed by atoms with Gasteiger partial charge in [-0.15, -0.1) is 35.3 Å². The minimum absolute atomic E-state index is 0.00123. The fourth-order valence-electron chi connectivity index (χ4n) is 8.08. The van der Waals surface area contributed by atoms with E-state index in [0.29, 0.717) is 72.1 Å². The number of para-hydroxylation sites is 1. The number of hydrogen-bond donors (Lipinski definition) is 7. The minimum atomic E-state index is -0.611. The highest BCUT2D eigenvalue weighted by Crippen LogP contribution is 2.44. The third kappa shape index (κ3) is 9.26. The van der Waals surface area contributed by atoms with Gasteiger partial charge in [-0.25, -0.2) is 9.59 Å². The van der Waals surface area contributed by atoms with Crippen LogP contribution < -0.4 is 37.2 Å². The van der Waals surface area contributed by atoms with Gasteiger partial charge < -0.3 is 45.9 Å². The zero-order valence-corrected chi connectivity index (χ0v) is 33.6. The predicted octanol–water partition coefficient (Wildman–Crippen LogP) is 0.662. The van der Waals surface area contributed by atoms with Gasteiger partial charge in [0.25, 0.3) is 5.91 Å². The first-order valence-corrected chi connectivity index (χ1v) is 22.9. The molecule has 0 radical (unpaired) electrons. The van der Waals surface area contributed by atoms with E-state index in [4.69, 9.17) is 9.47 Å². The molecular formula is C35H49N9O7S4. The molecule has 0 saturated carbocycles. The summed E-state index contributed by atoms with van der Waals surface area (Å²) >= 11 is 6.40. The second kappa shape index (κ2) is 17.9. The van der Waals surface area contributed by atoms with Gasteiger partial charge in [-0.05, 0) is 37.1 Å². The van der Waals surface area contributed by atoms with E-state index in [1.165, 1.54) is 11.8 Å². The van der Waals surface area contributed by atoms with Crippen LogP contribution >= 0.6 is 47.0 Å². The van der Waals surface area contributed by atoms with Crippen molar-refractivity contribution in [2.45, 2.75) is 68.2 Å². The van der Waals surface area contributed by atoms with E-state index in [0.717, 1.165) is 29.2 Å². The number of ether oxygens (including phenoxy) is 2. The molecule has 7 N–H and O–H groups in total. The Kier molecular flexibility index (Phi) is 12.8. The Balaban J connectivity index is 0.857. The molecule has 0 bridgehead atoms. The molecule has 0 spiro atoms. The van der Waals surface area contributed by atoms with E-state index in [9.17, 15) is 24.0 Å². The standard InChI is InChI=1S/C35H49N9O7S4/c45-27(42-35(49)44-8-12-51-13-9-44)20-15-25(54-31(20)41-29(47)32-38-21-3-1-2-4-24(21)53-32)22-16-26-23(18-36-22)39-33(55-26)28(46)40-30-19(5-14-52-30)17-37-34(48)43-6-10-50-11-7-43/h1-4,19-20,22-23,25-26,30-33,36,38-39H,5-18H2,(H,37,48)(H,40,46)(H,41,47)(H,42,45,49). The molecule has 7 aliphatic rings. The van der Waals surface area contributed by atoms with E-state index in [2.05, 4.69) is 37.2 Å². The van der Waals surface area contributed by atoms with Crippen molar-refractivity contribution in [3.8, 4) is 0 Å². The monoisotopic (exact) mass is 835 g/mol. The van der Waals surface area contributed by atoms with Gasteiger partial charge in [0.05, 0.1) is 43.1 Å². The Morgan fingerprint density at radius 2 is 1.47 bits per heavy atom. The number of fused-ring (bicyclic) bond motifs is 2. The van der Waals surface area contributed by atoms with E-state index < -0.39 is 34.0 Å². The zero-order chi connectivity index (χ0) is 37.9. The lowest BCUT2D eigenvalue weighted by Gasteiger charge is -2.35. The van der Waals surface area contributed by atoms with Crippen LogP contribution in [0.25, 0.3) is 0 Å². The number of morpholine rings is 2. The first kappa shape index (κ1) is 39.2. The fraction of sp³-hybridized carbons (Fsp3) is 0.686. The molecule has 6 fully saturated rings. The average Bonchev–Trinajstić information content (AvgIpc) is 4.03. The Labute approximate surface area is 337 Å². The number of piperidine rings is 1. The van der Waals surface area contributed by atoms with Crippen molar-refractivity contribution in [2.75, 3.05) is 76.8 Å². The van der Waals surface area contributed by atoms with Gasteiger partial charge in [0, 0.05) is 78.4 Å². The smallest absolute Gasteiger partial charge is 0.324 e. The average molecular weight is 836 g/mol. The minimum Gasteiger partial charge on any atom is -0.378 e. The van der Waals surface area contributed by atoms with Crippen LogP contribution in [0.4, 0.5) is 15.3 Å². The molecule has 16 nitrogen and oxygen atoms in total. The quantitative estimate of drug-likeness (QED) is 0.193. The van der Waals surface area contributed by atoms with Gasteiger partial charge in [-0.2, -0.15) is 0 Å². The van der Waals surface area contributed by atoms with Gasteiger partial charge in [0.2, 0.25) is 11.8 Å². The summed E-state index contributed by atoms with van der Waals surface area (Å²) in [5.74, 6) is -0.173. The van der Waals surface area contributed by atoms with Crippen molar-refractivity contribution in [1.29, 1.82) is 0 Å². The van der Waals surface area contributed by atoms with Gasteiger partial charge in [-0.3, -0.25) is 25.0 Å². The first-order valence-electron chi connectivity index (χ1n) is 19.1. The Morgan fingerprint density at radius 3 is 2.24 bits per heavy atom. The first-order chi connectivity index (χ1) is 26.8. The molecule has 300 valence electrons. The van der Waals surface area contributed by atoms with Crippen LogP contribution in [0.3, 0.4) is 0 Å². The highest BCUT2D eigenvalue weighted by molar-refractivity contribution is 8.02. The van der Waals surface area contributed by atoms with E-state index >= 15 is 0 Å². The molecule has 0 aromatic heterocycles. The third-order valence-corrected chi connectivity index (χ3v) is 16.8. The van der Waals surface area contributed by atoms with Crippen LogP contribution in [-0.4, -0.2) is 155 Å². The maximum Gasteiger partial charge on any atom is 0.324 e. The van der Waals surface area contributed by atoms with E-state index in [1.807, 2.05) is 24.3 Å². The van der Waals surface area contributed by atoms with Gasteiger partial charge >= 0.3 is 12.1 Å². The van der Waals surface area contributed by atoms with Crippen molar-refractivity contribution in [1.82, 2.24) is 41.7 Å². The summed E-state index contributed by atoms with van der Waals surface area (Å²) in [5.41, 5.74) is 0.903. The summed E-state index contributed by atoms with van der Waals surface area (Å²) in [7, 11) is 0. The lowest BCUT2D eigenvalue weighted by molar-refractivity contribution is -0.125. The van der Waals surface area contributed by atoms with E-state index in [-0.39, 0.29) is 51.7 Å². The number of thioether (sulfide) groups is 4. The Bertz CT molecular complexity index is 1580. The molecule has 10 atom stereocenters. The number of amides is 7. The molecule has 10 unspecified atom stereocenters. The second-order valence-corrected chi connectivity index (χ2v) is 19.8. The van der Waals surface area contributed by atoms with Gasteiger partial charge in [0.1, 0.15) is 5.37 Å². The molecule has 7 amide bonds. The van der Waals surface area contributed by atoms with Crippen molar-refractivity contribution in [2.24, 2.45) is 11.8 Å². The SMILES string of the molecule is O=C(NC1SC(C2CC3SC(C(=O)NC4SCCC4CNC(=O)N4CCOCC4)NC3CN2)CC1C(=O)NC(=O)N1CCOCC1)C1Nc2ccccc2S1. The zero-order valence-electron chi connectivity index (χ0n) is 30.4. The molecule has 8 rings (SSSR count). The van der Waals surface area contributed by atoms with Crippen LogP contribution in [0.1, 0.15) is 19.3 Å². The van der Waals surface area contributed by atoms with Crippen LogP contribution in [0.2, 0.25) is 0 Å². The largest absolute Gasteiger partial charge is 0.378 e. The summed E-state index contributed by atoms with van der Waals surface area (Å²) in [6.07, 6.45) is 2.20.